The molecule has 19 heavy (non-hydrogen) atoms. The zero-order valence-electron chi connectivity index (χ0n) is 10.8. The molecule has 2 N–H and O–H groups in total. The van der Waals surface area contributed by atoms with Crippen molar-refractivity contribution in [1.82, 2.24) is 4.98 Å². The highest BCUT2D eigenvalue weighted by molar-refractivity contribution is 5.89. The Morgan fingerprint density at radius 3 is 2.79 bits per heavy atom. The Bertz CT molecular complexity index is 568. The summed E-state index contributed by atoms with van der Waals surface area (Å²) >= 11 is 0. The lowest BCUT2D eigenvalue weighted by Crippen LogP contribution is -2.07. The molecule has 2 rings (SSSR count). The minimum Gasteiger partial charge on any atom is -0.478 e. The van der Waals surface area contributed by atoms with Crippen LogP contribution in [0.5, 0.6) is 0 Å². The van der Waals surface area contributed by atoms with E-state index in [-0.39, 0.29) is 0 Å². The summed E-state index contributed by atoms with van der Waals surface area (Å²) in [6.07, 6.45) is 2.61. The Kier molecular flexibility index (Phi) is 4.13. The molecule has 0 fully saturated rings. The van der Waals surface area contributed by atoms with Crippen LogP contribution >= 0.6 is 0 Å². The first-order chi connectivity index (χ1) is 9.16. The fourth-order valence-electron chi connectivity index (χ4n) is 1.89. The summed E-state index contributed by atoms with van der Waals surface area (Å²) in [5, 5.41) is 12.2. The third-order valence-electron chi connectivity index (χ3n) is 2.89. The van der Waals surface area contributed by atoms with Gasteiger partial charge >= 0.3 is 5.97 Å². The number of anilines is 1. The number of benzene rings is 1. The first-order valence-corrected chi connectivity index (χ1v) is 6.14. The normalized spacial score (nSPS) is 10.2. The van der Waals surface area contributed by atoms with E-state index in [2.05, 4.69) is 10.3 Å². The smallest absolute Gasteiger partial charge is 0.335 e. The van der Waals surface area contributed by atoms with Crippen molar-refractivity contribution >= 4 is 11.7 Å². The molecule has 1 aromatic heterocycles. The van der Waals surface area contributed by atoms with Gasteiger partial charge in [0.2, 0.25) is 0 Å². The largest absolute Gasteiger partial charge is 0.478 e. The monoisotopic (exact) mass is 256 g/mol. The lowest BCUT2D eigenvalue weighted by atomic mass is 10.1. The van der Waals surface area contributed by atoms with Gasteiger partial charge in [0.05, 0.1) is 5.56 Å². The second kappa shape index (κ2) is 6.00. The number of nitrogens with zero attached hydrogens (tertiary/aromatic N) is 1. The molecule has 0 bridgehead atoms. The van der Waals surface area contributed by atoms with Crippen molar-refractivity contribution in [1.29, 1.82) is 0 Å². The molecule has 0 saturated heterocycles. The van der Waals surface area contributed by atoms with Gasteiger partial charge in [0, 0.05) is 30.5 Å². The average Bonchev–Trinajstić information content (AvgIpc) is 2.39. The maximum atomic E-state index is 10.9. The molecular weight excluding hydrogens is 240 g/mol. The van der Waals surface area contributed by atoms with Gasteiger partial charge in [-0.2, -0.15) is 0 Å². The van der Waals surface area contributed by atoms with Crippen LogP contribution in [0, 0.1) is 6.92 Å². The Balaban J connectivity index is 1.93. The zero-order chi connectivity index (χ0) is 13.7. The predicted octanol–water partition coefficient (Wildman–Crippen LogP) is 2.74. The first-order valence-electron chi connectivity index (χ1n) is 6.14. The quantitative estimate of drug-likeness (QED) is 0.863. The molecule has 4 nitrogen and oxygen atoms in total. The molecule has 0 saturated carbocycles. The van der Waals surface area contributed by atoms with E-state index in [1.54, 1.807) is 25.3 Å². The van der Waals surface area contributed by atoms with E-state index in [0.717, 1.165) is 29.9 Å². The van der Waals surface area contributed by atoms with E-state index >= 15 is 0 Å². The van der Waals surface area contributed by atoms with E-state index in [4.69, 9.17) is 5.11 Å². The summed E-state index contributed by atoms with van der Waals surface area (Å²) in [5.74, 6) is -0.891. The predicted molar refractivity (Wildman–Crippen MR) is 74.6 cm³/mol. The van der Waals surface area contributed by atoms with Crippen molar-refractivity contribution in [2.75, 3.05) is 11.9 Å². The third-order valence-corrected chi connectivity index (χ3v) is 2.89. The second-order valence-corrected chi connectivity index (χ2v) is 4.33. The maximum absolute atomic E-state index is 10.9. The van der Waals surface area contributed by atoms with Crippen LogP contribution in [-0.4, -0.2) is 22.6 Å². The average molecular weight is 256 g/mol. The van der Waals surface area contributed by atoms with Gasteiger partial charge in [-0.15, -0.1) is 0 Å². The molecule has 0 amide bonds. The molecule has 4 heteroatoms. The molecule has 0 aliphatic heterocycles. The molecule has 0 unspecified atom stereocenters. The summed E-state index contributed by atoms with van der Waals surface area (Å²) in [6, 6.07) is 11.1. The summed E-state index contributed by atoms with van der Waals surface area (Å²) in [6.45, 7) is 2.57. The lowest BCUT2D eigenvalue weighted by Gasteiger charge is -2.08. The zero-order valence-corrected chi connectivity index (χ0v) is 10.8. The van der Waals surface area contributed by atoms with E-state index < -0.39 is 5.97 Å². The number of carbonyl (C=O) groups is 1. The molecule has 2 aromatic rings. The highest BCUT2D eigenvalue weighted by atomic mass is 16.4. The number of hydrogen-bond donors (Lipinski definition) is 2. The SMILES string of the molecule is Cc1cc(NCCc2ccccn2)ccc1C(=O)O. The van der Waals surface area contributed by atoms with Crippen LogP contribution < -0.4 is 5.32 Å². The summed E-state index contributed by atoms with van der Waals surface area (Å²) in [7, 11) is 0. The Morgan fingerprint density at radius 2 is 2.16 bits per heavy atom. The first kappa shape index (κ1) is 13.1. The molecule has 98 valence electrons. The van der Waals surface area contributed by atoms with E-state index in [0.29, 0.717) is 5.56 Å². The van der Waals surface area contributed by atoms with Gasteiger partial charge in [0.1, 0.15) is 0 Å². The number of carboxylic acid groups (broad SMARTS) is 1. The minimum atomic E-state index is -0.891. The van der Waals surface area contributed by atoms with Crippen LogP contribution in [0.3, 0.4) is 0 Å². The van der Waals surface area contributed by atoms with Crippen LogP contribution in [0.2, 0.25) is 0 Å². The topological polar surface area (TPSA) is 62.2 Å². The van der Waals surface area contributed by atoms with Crippen molar-refractivity contribution in [3.05, 3.63) is 59.4 Å². The molecule has 0 aliphatic carbocycles. The molecule has 1 heterocycles. The standard InChI is InChI=1S/C15H16N2O2/c1-11-10-13(5-6-14(11)15(18)19)17-9-7-12-4-2-3-8-16-12/h2-6,8,10,17H,7,9H2,1H3,(H,18,19). The van der Waals surface area contributed by atoms with Crippen molar-refractivity contribution in [3.8, 4) is 0 Å². The van der Waals surface area contributed by atoms with Crippen molar-refractivity contribution in [2.24, 2.45) is 0 Å². The van der Waals surface area contributed by atoms with Gasteiger partial charge in [-0.05, 0) is 42.8 Å². The van der Waals surface area contributed by atoms with E-state index in [9.17, 15) is 4.79 Å². The molecule has 1 aromatic carbocycles. The number of hydrogen-bond acceptors (Lipinski definition) is 3. The molecule has 0 aliphatic rings. The molecule has 0 radical (unpaired) electrons. The van der Waals surface area contributed by atoms with Crippen LogP contribution in [0.15, 0.2) is 42.6 Å². The molecule has 0 atom stereocenters. The van der Waals surface area contributed by atoms with Crippen LogP contribution in [0.4, 0.5) is 5.69 Å². The summed E-state index contributed by atoms with van der Waals surface area (Å²) < 4.78 is 0. The van der Waals surface area contributed by atoms with Crippen molar-refractivity contribution in [3.63, 3.8) is 0 Å². The lowest BCUT2D eigenvalue weighted by molar-refractivity contribution is 0.0696. The van der Waals surface area contributed by atoms with E-state index in [1.165, 1.54) is 0 Å². The minimum absolute atomic E-state index is 0.343. The molecule has 0 spiro atoms. The van der Waals surface area contributed by atoms with Gasteiger partial charge < -0.3 is 10.4 Å². The number of aromatic carboxylic acids is 1. The highest BCUT2D eigenvalue weighted by Crippen LogP contribution is 2.15. The van der Waals surface area contributed by atoms with Crippen LogP contribution in [0.25, 0.3) is 0 Å². The van der Waals surface area contributed by atoms with Gasteiger partial charge in [-0.1, -0.05) is 6.07 Å². The number of rotatable bonds is 5. The number of aryl methyl sites for hydroxylation is 1. The number of aromatic nitrogens is 1. The summed E-state index contributed by atoms with van der Waals surface area (Å²) in [5.41, 5.74) is 3.07. The van der Waals surface area contributed by atoms with Crippen LogP contribution in [-0.2, 0) is 6.42 Å². The Hall–Kier alpha value is -2.36. The fraction of sp³-hybridized carbons (Fsp3) is 0.200. The van der Waals surface area contributed by atoms with Crippen molar-refractivity contribution in [2.45, 2.75) is 13.3 Å². The number of carboxylic acids is 1. The third kappa shape index (κ3) is 3.55. The maximum Gasteiger partial charge on any atom is 0.335 e. The van der Waals surface area contributed by atoms with Crippen molar-refractivity contribution < 1.29 is 9.90 Å². The van der Waals surface area contributed by atoms with Gasteiger partial charge in [0.15, 0.2) is 0 Å². The fourth-order valence-corrected chi connectivity index (χ4v) is 1.89. The second-order valence-electron chi connectivity index (χ2n) is 4.33. The van der Waals surface area contributed by atoms with Crippen LogP contribution in [0.1, 0.15) is 21.6 Å². The summed E-state index contributed by atoms with van der Waals surface area (Å²) in [4.78, 5) is 15.2. The van der Waals surface area contributed by atoms with E-state index in [1.807, 2.05) is 24.3 Å². The Labute approximate surface area is 112 Å². The molecular formula is C15H16N2O2. The van der Waals surface area contributed by atoms with Gasteiger partial charge in [-0.25, -0.2) is 4.79 Å². The number of nitrogens with one attached hydrogen (secondary N) is 1. The van der Waals surface area contributed by atoms with Gasteiger partial charge in [0.25, 0.3) is 0 Å². The Morgan fingerprint density at radius 1 is 1.32 bits per heavy atom. The highest BCUT2D eigenvalue weighted by Gasteiger charge is 2.06. The number of pyridine rings is 1. The van der Waals surface area contributed by atoms with Gasteiger partial charge in [-0.3, -0.25) is 4.98 Å².